The second kappa shape index (κ2) is 4.02. The van der Waals surface area contributed by atoms with Crippen LogP contribution in [0.3, 0.4) is 0 Å². The Morgan fingerprint density at radius 1 is 1.25 bits per heavy atom. The van der Waals surface area contributed by atoms with Crippen LogP contribution in [0.1, 0.15) is 25.7 Å². The predicted octanol–water partition coefficient (Wildman–Crippen LogP) is 4.19. The van der Waals surface area contributed by atoms with Crippen LogP contribution in [0.25, 0.3) is 0 Å². The van der Waals surface area contributed by atoms with Crippen LogP contribution in [-0.4, -0.2) is 6.04 Å². The lowest BCUT2D eigenvalue weighted by molar-refractivity contribution is 0.439. The zero-order valence-electron chi connectivity index (χ0n) is 9.05. The molecule has 3 rings (SSSR count). The maximum atomic E-state index is 13.4. The summed E-state index contributed by atoms with van der Waals surface area (Å²) in [7, 11) is 0. The van der Waals surface area contributed by atoms with Gasteiger partial charge in [0.25, 0.3) is 0 Å². The van der Waals surface area contributed by atoms with Crippen molar-refractivity contribution in [3.05, 3.63) is 28.5 Å². The summed E-state index contributed by atoms with van der Waals surface area (Å²) in [5.41, 5.74) is 0.915. The van der Waals surface area contributed by atoms with Crippen molar-refractivity contribution in [1.82, 2.24) is 0 Å². The van der Waals surface area contributed by atoms with Crippen molar-refractivity contribution < 1.29 is 4.39 Å². The maximum absolute atomic E-state index is 13.4. The van der Waals surface area contributed by atoms with Crippen LogP contribution in [0.15, 0.2) is 22.7 Å². The van der Waals surface area contributed by atoms with Crippen LogP contribution in [0, 0.1) is 17.7 Å². The van der Waals surface area contributed by atoms with E-state index < -0.39 is 0 Å². The molecular formula is C13H15BrFN. The van der Waals surface area contributed by atoms with E-state index in [-0.39, 0.29) is 5.82 Å². The highest BCUT2D eigenvalue weighted by Crippen LogP contribution is 2.45. The lowest BCUT2D eigenvalue weighted by atomic mass is 9.95. The lowest BCUT2D eigenvalue weighted by Gasteiger charge is -2.24. The summed E-state index contributed by atoms with van der Waals surface area (Å²) in [6.45, 7) is 0. The molecule has 1 N–H and O–H groups in total. The Hall–Kier alpha value is -0.570. The molecule has 3 unspecified atom stereocenters. The number of hydrogen-bond donors (Lipinski definition) is 1. The minimum absolute atomic E-state index is 0.187. The average Bonchev–Trinajstić information content (AvgIpc) is 2.85. The van der Waals surface area contributed by atoms with Crippen LogP contribution in [0.4, 0.5) is 10.1 Å². The van der Waals surface area contributed by atoms with Crippen molar-refractivity contribution in [2.75, 3.05) is 5.32 Å². The number of anilines is 1. The molecule has 2 saturated carbocycles. The SMILES string of the molecule is Fc1cc(NC2CC3CCC2C3)ccc1Br. The molecule has 1 nitrogen and oxygen atoms in total. The zero-order chi connectivity index (χ0) is 11.1. The Kier molecular flexibility index (Phi) is 2.66. The largest absolute Gasteiger partial charge is 0.382 e. The molecule has 3 atom stereocenters. The van der Waals surface area contributed by atoms with E-state index in [4.69, 9.17) is 0 Å². The van der Waals surface area contributed by atoms with Crippen molar-refractivity contribution in [1.29, 1.82) is 0 Å². The highest BCUT2D eigenvalue weighted by Gasteiger charge is 2.39. The second-order valence-electron chi connectivity index (χ2n) is 5.05. The van der Waals surface area contributed by atoms with Gasteiger partial charge in [0.15, 0.2) is 0 Å². The molecule has 0 saturated heterocycles. The summed E-state index contributed by atoms with van der Waals surface area (Å²) >= 11 is 3.17. The van der Waals surface area contributed by atoms with Crippen LogP contribution in [-0.2, 0) is 0 Å². The number of rotatable bonds is 2. The predicted molar refractivity (Wildman–Crippen MR) is 67.0 cm³/mol. The monoisotopic (exact) mass is 283 g/mol. The first-order valence-electron chi connectivity index (χ1n) is 5.94. The molecule has 0 amide bonds. The molecule has 3 heteroatoms. The Balaban J connectivity index is 1.72. The smallest absolute Gasteiger partial charge is 0.139 e. The Labute approximate surface area is 104 Å². The molecule has 2 fully saturated rings. The Bertz CT molecular complexity index is 407. The van der Waals surface area contributed by atoms with Crippen LogP contribution >= 0.6 is 15.9 Å². The minimum Gasteiger partial charge on any atom is -0.382 e. The first kappa shape index (κ1) is 10.6. The van der Waals surface area contributed by atoms with Gasteiger partial charge in [0.2, 0.25) is 0 Å². The van der Waals surface area contributed by atoms with E-state index >= 15 is 0 Å². The van der Waals surface area contributed by atoms with Gasteiger partial charge in [-0.1, -0.05) is 6.42 Å². The fourth-order valence-corrected chi connectivity index (χ4v) is 3.47. The Morgan fingerprint density at radius 2 is 2.12 bits per heavy atom. The first-order chi connectivity index (χ1) is 7.72. The molecule has 86 valence electrons. The van der Waals surface area contributed by atoms with Crippen LogP contribution in [0.2, 0.25) is 0 Å². The summed E-state index contributed by atoms with van der Waals surface area (Å²) in [6, 6.07) is 5.86. The molecule has 0 aliphatic heterocycles. The summed E-state index contributed by atoms with van der Waals surface area (Å²) in [4.78, 5) is 0. The van der Waals surface area contributed by atoms with Gasteiger partial charge in [-0.2, -0.15) is 0 Å². The highest BCUT2D eigenvalue weighted by atomic mass is 79.9. The van der Waals surface area contributed by atoms with Crippen molar-refractivity contribution in [3.63, 3.8) is 0 Å². The molecule has 16 heavy (non-hydrogen) atoms. The number of halogens is 2. The van der Waals surface area contributed by atoms with E-state index in [2.05, 4.69) is 21.2 Å². The fourth-order valence-electron chi connectivity index (χ4n) is 3.22. The topological polar surface area (TPSA) is 12.0 Å². The van der Waals surface area contributed by atoms with E-state index in [0.717, 1.165) is 17.5 Å². The molecule has 0 heterocycles. The first-order valence-corrected chi connectivity index (χ1v) is 6.73. The third-order valence-corrected chi connectivity index (χ3v) is 4.65. The maximum Gasteiger partial charge on any atom is 0.139 e. The molecule has 2 aliphatic rings. The van der Waals surface area contributed by atoms with Gasteiger partial charge in [-0.15, -0.1) is 0 Å². The van der Waals surface area contributed by atoms with Crippen molar-refractivity contribution >= 4 is 21.6 Å². The minimum atomic E-state index is -0.187. The van der Waals surface area contributed by atoms with Gasteiger partial charge in [-0.05, 0) is 65.2 Å². The van der Waals surface area contributed by atoms with E-state index in [1.165, 1.54) is 25.7 Å². The van der Waals surface area contributed by atoms with E-state index in [1.807, 2.05) is 6.07 Å². The molecule has 2 bridgehead atoms. The lowest BCUT2D eigenvalue weighted by Crippen LogP contribution is -2.25. The van der Waals surface area contributed by atoms with E-state index in [0.29, 0.717) is 10.5 Å². The third-order valence-electron chi connectivity index (χ3n) is 4.01. The van der Waals surface area contributed by atoms with E-state index in [1.54, 1.807) is 12.1 Å². The van der Waals surface area contributed by atoms with Gasteiger partial charge in [0.05, 0.1) is 4.47 Å². The van der Waals surface area contributed by atoms with Gasteiger partial charge in [0, 0.05) is 11.7 Å². The van der Waals surface area contributed by atoms with Gasteiger partial charge in [-0.25, -0.2) is 4.39 Å². The Morgan fingerprint density at radius 3 is 2.75 bits per heavy atom. The normalized spacial score (nSPS) is 32.0. The third kappa shape index (κ3) is 1.86. The van der Waals surface area contributed by atoms with E-state index in [9.17, 15) is 4.39 Å². The van der Waals surface area contributed by atoms with Crippen molar-refractivity contribution in [2.24, 2.45) is 11.8 Å². The molecule has 2 aliphatic carbocycles. The molecule has 1 aromatic rings. The quantitative estimate of drug-likeness (QED) is 0.858. The van der Waals surface area contributed by atoms with Gasteiger partial charge in [-0.3, -0.25) is 0 Å². The number of hydrogen-bond acceptors (Lipinski definition) is 1. The molecule has 0 radical (unpaired) electrons. The average molecular weight is 284 g/mol. The summed E-state index contributed by atoms with van der Waals surface area (Å²) < 4.78 is 13.9. The van der Waals surface area contributed by atoms with Gasteiger partial charge >= 0.3 is 0 Å². The van der Waals surface area contributed by atoms with Crippen LogP contribution < -0.4 is 5.32 Å². The molecule has 0 spiro atoms. The summed E-state index contributed by atoms with van der Waals surface area (Å²) in [5.74, 6) is 1.55. The van der Waals surface area contributed by atoms with Crippen molar-refractivity contribution in [3.8, 4) is 0 Å². The number of nitrogens with one attached hydrogen (secondary N) is 1. The fraction of sp³-hybridized carbons (Fsp3) is 0.538. The second-order valence-corrected chi connectivity index (χ2v) is 5.91. The highest BCUT2D eigenvalue weighted by molar-refractivity contribution is 9.10. The number of benzene rings is 1. The standard InChI is InChI=1S/C13H15BrFN/c14-11-4-3-10(7-12(11)15)16-13-6-8-1-2-9(13)5-8/h3-4,7-9,13,16H,1-2,5-6H2. The summed E-state index contributed by atoms with van der Waals surface area (Å²) in [5, 5.41) is 3.48. The summed E-state index contributed by atoms with van der Waals surface area (Å²) in [6.07, 6.45) is 5.39. The van der Waals surface area contributed by atoms with Crippen molar-refractivity contribution in [2.45, 2.75) is 31.7 Å². The van der Waals surface area contributed by atoms with Gasteiger partial charge in [0.1, 0.15) is 5.82 Å². The number of fused-ring (bicyclic) bond motifs is 2. The van der Waals surface area contributed by atoms with Gasteiger partial charge < -0.3 is 5.32 Å². The molecule has 1 aromatic carbocycles. The van der Waals surface area contributed by atoms with Crippen LogP contribution in [0.5, 0.6) is 0 Å². The zero-order valence-corrected chi connectivity index (χ0v) is 10.6. The molecule has 0 aromatic heterocycles. The molecular weight excluding hydrogens is 269 g/mol.